The molecule has 1 aromatic heterocycles. The summed E-state index contributed by atoms with van der Waals surface area (Å²) in [5.41, 5.74) is 1.91. The Kier molecular flexibility index (Phi) is 5.66. The van der Waals surface area contributed by atoms with Crippen LogP contribution in [0, 0.1) is 5.82 Å². The quantitative estimate of drug-likeness (QED) is 0.321. The van der Waals surface area contributed by atoms with Crippen molar-refractivity contribution >= 4 is 40.1 Å². The van der Waals surface area contributed by atoms with Crippen LogP contribution in [0.2, 0.25) is 10.0 Å². The third-order valence-electron chi connectivity index (χ3n) is 4.65. The molecule has 0 aliphatic carbocycles. The summed E-state index contributed by atoms with van der Waals surface area (Å²) in [7, 11) is 1.31. The number of benzene rings is 3. The Morgan fingerprint density at radius 3 is 2.30 bits per heavy atom. The molecule has 0 aliphatic heterocycles. The minimum atomic E-state index is -0.562. The fourth-order valence-corrected chi connectivity index (χ4v) is 3.55. The number of fused-ring (bicyclic) bond motifs is 1. The normalized spacial score (nSPS) is 10.9. The fourth-order valence-electron chi connectivity index (χ4n) is 3.26. The summed E-state index contributed by atoms with van der Waals surface area (Å²) in [6.07, 6.45) is 0. The molecule has 152 valence electrons. The average molecular weight is 444 g/mol. The predicted octanol–water partition coefficient (Wildman–Crippen LogP) is 6.71. The zero-order chi connectivity index (χ0) is 21.3. The summed E-state index contributed by atoms with van der Waals surface area (Å²) < 4.78 is 26.2. The molecule has 30 heavy (non-hydrogen) atoms. The van der Waals surface area contributed by atoms with Crippen molar-refractivity contribution < 1.29 is 18.7 Å². The number of esters is 1. The van der Waals surface area contributed by atoms with E-state index >= 15 is 0 Å². The lowest BCUT2D eigenvalue weighted by Gasteiger charge is -2.11. The highest BCUT2D eigenvalue weighted by Crippen LogP contribution is 2.39. The highest BCUT2D eigenvalue weighted by molar-refractivity contribution is 6.31. The maximum Gasteiger partial charge on any atom is 0.358 e. The molecule has 0 unspecified atom stereocenters. The van der Waals surface area contributed by atoms with E-state index in [2.05, 4.69) is 0 Å². The lowest BCUT2D eigenvalue weighted by molar-refractivity contribution is 0.0586. The highest BCUT2D eigenvalue weighted by atomic mass is 35.5. The third kappa shape index (κ3) is 3.99. The summed E-state index contributed by atoms with van der Waals surface area (Å²) in [5, 5.41) is 1.75. The van der Waals surface area contributed by atoms with E-state index in [0.29, 0.717) is 33.5 Å². The van der Waals surface area contributed by atoms with Crippen LogP contribution < -0.4 is 4.74 Å². The Morgan fingerprint density at radius 2 is 1.63 bits per heavy atom. The second-order valence-corrected chi connectivity index (χ2v) is 7.47. The van der Waals surface area contributed by atoms with Crippen LogP contribution in [-0.2, 0) is 11.3 Å². The molecular formula is C23H16Cl2FNO3. The summed E-state index contributed by atoms with van der Waals surface area (Å²) in [6, 6.07) is 18.2. The molecule has 0 saturated carbocycles. The van der Waals surface area contributed by atoms with Crippen molar-refractivity contribution in [3.8, 4) is 11.5 Å². The van der Waals surface area contributed by atoms with Crippen molar-refractivity contribution in [2.24, 2.45) is 0 Å². The van der Waals surface area contributed by atoms with Gasteiger partial charge in [0.1, 0.15) is 11.6 Å². The monoisotopic (exact) mass is 443 g/mol. The first-order chi connectivity index (χ1) is 14.5. The van der Waals surface area contributed by atoms with Crippen LogP contribution in [0.15, 0.2) is 66.7 Å². The van der Waals surface area contributed by atoms with Crippen LogP contribution in [0.4, 0.5) is 4.39 Å². The van der Waals surface area contributed by atoms with Gasteiger partial charge in [-0.1, -0.05) is 35.3 Å². The highest BCUT2D eigenvalue weighted by Gasteiger charge is 2.26. The fraction of sp³-hybridized carbons (Fsp3) is 0.0870. The molecule has 0 saturated heterocycles. The van der Waals surface area contributed by atoms with Gasteiger partial charge < -0.3 is 14.0 Å². The van der Waals surface area contributed by atoms with Gasteiger partial charge in [0.05, 0.1) is 12.6 Å². The Morgan fingerprint density at radius 1 is 0.967 bits per heavy atom. The number of methoxy groups -OCH3 is 1. The zero-order valence-corrected chi connectivity index (χ0v) is 17.4. The number of carbonyl (C=O) groups is 1. The molecule has 0 radical (unpaired) electrons. The van der Waals surface area contributed by atoms with Gasteiger partial charge in [-0.25, -0.2) is 9.18 Å². The number of hydrogen-bond acceptors (Lipinski definition) is 3. The van der Waals surface area contributed by atoms with Gasteiger partial charge in [0.15, 0.2) is 11.4 Å². The Hall–Kier alpha value is -3.02. The molecule has 0 N–H and O–H groups in total. The number of nitrogens with zero attached hydrogens (tertiary/aromatic N) is 1. The van der Waals surface area contributed by atoms with Crippen molar-refractivity contribution in [1.29, 1.82) is 0 Å². The third-order valence-corrected chi connectivity index (χ3v) is 5.13. The van der Waals surface area contributed by atoms with Crippen LogP contribution in [-0.4, -0.2) is 17.6 Å². The van der Waals surface area contributed by atoms with E-state index < -0.39 is 5.97 Å². The van der Waals surface area contributed by atoms with Crippen molar-refractivity contribution in [2.75, 3.05) is 7.11 Å². The van der Waals surface area contributed by atoms with Crippen LogP contribution in [0.3, 0.4) is 0 Å². The number of ether oxygens (including phenoxy) is 2. The van der Waals surface area contributed by atoms with Gasteiger partial charge >= 0.3 is 5.97 Å². The number of aromatic nitrogens is 1. The SMILES string of the molecule is COC(=O)c1c(Oc2ccc(F)cc2)c2cc(Cl)ccc2n1Cc1ccc(Cl)cc1. The molecule has 0 atom stereocenters. The van der Waals surface area contributed by atoms with Gasteiger partial charge in [0, 0.05) is 22.0 Å². The molecule has 0 spiro atoms. The van der Waals surface area contributed by atoms with E-state index in [0.717, 1.165) is 11.1 Å². The number of hydrogen-bond donors (Lipinski definition) is 0. The maximum atomic E-state index is 13.3. The first-order valence-electron chi connectivity index (χ1n) is 9.04. The largest absolute Gasteiger partial charge is 0.464 e. The van der Waals surface area contributed by atoms with Gasteiger partial charge in [-0.05, 0) is 60.2 Å². The number of carbonyl (C=O) groups excluding carboxylic acids is 1. The van der Waals surface area contributed by atoms with Gasteiger partial charge in [-0.2, -0.15) is 0 Å². The molecule has 4 aromatic rings. The standard InChI is InChI=1S/C23H16Cl2FNO3/c1-29-23(28)21-22(30-18-9-7-17(26)8-10-18)19-12-16(25)6-11-20(19)27(21)13-14-2-4-15(24)5-3-14/h2-12H,13H2,1H3. The Bertz CT molecular complexity index is 1220. The van der Waals surface area contributed by atoms with Crippen molar-refractivity contribution in [1.82, 2.24) is 4.57 Å². The summed E-state index contributed by atoms with van der Waals surface area (Å²) >= 11 is 12.2. The maximum absolute atomic E-state index is 13.3. The van der Waals surface area contributed by atoms with Crippen molar-refractivity contribution in [3.05, 3.63) is 93.8 Å². The van der Waals surface area contributed by atoms with Crippen molar-refractivity contribution in [3.63, 3.8) is 0 Å². The zero-order valence-electron chi connectivity index (χ0n) is 15.9. The summed E-state index contributed by atoms with van der Waals surface area (Å²) in [5.74, 6) is -0.274. The van der Waals surface area contributed by atoms with Gasteiger partial charge in [-0.15, -0.1) is 0 Å². The Labute approximate surface area is 182 Å². The lowest BCUT2D eigenvalue weighted by Crippen LogP contribution is -2.12. The van der Waals surface area contributed by atoms with E-state index in [1.54, 1.807) is 28.8 Å². The average Bonchev–Trinajstić information content (AvgIpc) is 3.03. The Balaban J connectivity index is 1.91. The molecule has 0 aliphatic rings. The van der Waals surface area contributed by atoms with Crippen LogP contribution >= 0.6 is 23.2 Å². The van der Waals surface area contributed by atoms with Crippen LogP contribution in [0.25, 0.3) is 10.9 Å². The minimum Gasteiger partial charge on any atom is -0.464 e. The second kappa shape index (κ2) is 8.38. The van der Waals surface area contributed by atoms with Crippen LogP contribution in [0.1, 0.15) is 16.1 Å². The number of halogens is 3. The molecule has 4 nitrogen and oxygen atoms in total. The van der Waals surface area contributed by atoms with E-state index in [9.17, 15) is 9.18 Å². The van der Waals surface area contributed by atoms with E-state index in [1.807, 2.05) is 18.2 Å². The van der Waals surface area contributed by atoms with Gasteiger partial charge in [0.2, 0.25) is 0 Å². The molecule has 7 heteroatoms. The topological polar surface area (TPSA) is 40.5 Å². The summed E-state index contributed by atoms with van der Waals surface area (Å²) in [6.45, 7) is 0.381. The van der Waals surface area contributed by atoms with Crippen molar-refractivity contribution in [2.45, 2.75) is 6.54 Å². The lowest BCUT2D eigenvalue weighted by atomic mass is 10.2. The molecule has 4 rings (SSSR count). The minimum absolute atomic E-state index is 0.231. The molecular weight excluding hydrogens is 428 g/mol. The van der Waals surface area contributed by atoms with E-state index in [4.69, 9.17) is 32.7 Å². The molecule has 0 fully saturated rings. The summed E-state index contributed by atoms with van der Waals surface area (Å²) in [4.78, 5) is 12.8. The molecule has 1 heterocycles. The first-order valence-corrected chi connectivity index (χ1v) is 9.80. The molecule has 0 bridgehead atoms. The smallest absolute Gasteiger partial charge is 0.358 e. The van der Waals surface area contributed by atoms with E-state index in [1.165, 1.54) is 31.4 Å². The van der Waals surface area contributed by atoms with Gasteiger partial charge in [-0.3, -0.25) is 0 Å². The van der Waals surface area contributed by atoms with Crippen LogP contribution in [0.5, 0.6) is 11.5 Å². The second-order valence-electron chi connectivity index (χ2n) is 6.60. The number of rotatable bonds is 5. The molecule has 0 amide bonds. The predicted molar refractivity (Wildman–Crippen MR) is 115 cm³/mol. The first kappa shape index (κ1) is 20.3. The molecule has 3 aromatic carbocycles. The van der Waals surface area contributed by atoms with Gasteiger partial charge in [0.25, 0.3) is 0 Å². The van der Waals surface area contributed by atoms with E-state index in [-0.39, 0.29) is 11.5 Å².